The normalized spacial score (nSPS) is 14.2. The molecule has 2 N–H and O–H groups in total. The number of sulfone groups is 1. The summed E-state index contributed by atoms with van der Waals surface area (Å²) in [5.41, 5.74) is 0.503. The Hall–Kier alpha value is -1.93. The second-order valence-electron chi connectivity index (χ2n) is 4.29. The van der Waals surface area contributed by atoms with Gasteiger partial charge in [-0.1, -0.05) is 0 Å². The van der Waals surface area contributed by atoms with Gasteiger partial charge in [0.1, 0.15) is 11.5 Å². The maximum Gasteiger partial charge on any atom is 0.262 e. The fourth-order valence-corrected chi connectivity index (χ4v) is 2.74. The number of hydrogen-bond acceptors (Lipinski definition) is 6. The molecule has 0 aliphatic carbocycles. The molecule has 1 aromatic rings. The third kappa shape index (κ3) is 3.34. The number of fused-ring (bicyclic) bond motifs is 1. The molecule has 0 saturated carbocycles. The van der Waals surface area contributed by atoms with Gasteiger partial charge in [-0.25, -0.2) is 8.42 Å². The number of rotatable bonds is 5. The van der Waals surface area contributed by atoms with Crippen LogP contribution in [0, 0.1) is 0 Å². The topological polar surface area (TPSA) is 110 Å². The molecule has 7 nitrogen and oxygen atoms in total. The Morgan fingerprint density at radius 2 is 2.15 bits per heavy atom. The van der Waals surface area contributed by atoms with Gasteiger partial charge in [0.15, 0.2) is 22.2 Å². The molecule has 0 aromatic heterocycles. The van der Waals surface area contributed by atoms with Gasteiger partial charge in [0.25, 0.3) is 5.91 Å². The van der Waals surface area contributed by atoms with Crippen molar-refractivity contribution in [2.45, 2.75) is 0 Å². The number of Topliss-reactive ketones (excluding diaryl/α,β-unsaturated/α-hetero) is 1. The van der Waals surface area contributed by atoms with E-state index in [1.54, 1.807) is 0 Å². The van der Waals surface area contributed by atoms with E-state index in [1.165, 1.54) is 18.2 Å². The van der Waals surface area contributed by atoms with Crippen molar-refractivity contribution in [3.05, 3.63) is 23.8 Å². The smallest absolute Gasteiger partial charge is 0.262 e. The zero-order valence-electron chi connectivity index (χ0n) is 10.5. The van der Waals surface area contributed by atoms with E-state index in [0.29, 0.717) is 11.4 Å². The molecule has 0 atom stereocenters. The van der Waals surface area contributed by atoms with Crippen LogP contribution in [0.2, 0.25) is 0 Å². The number of ether oxygens (including phenoxy) is 1. The number of aliphatic hydroxyl groups excluding tert-OH is 1. The first-order chi connectivity index (χ1) is 9.41. The maximum atomic E-state index is 11.9. The van der Waals surface area contributed by atoms with E-state index in [1.807, 2.05) is 0 Å². The summed E-state index contributed by atoms with van der Waals surface area (Å²) in [6.45, 7) is -0.616. The summed E-state index contributed by atoms with van der Waals surface area (Å²) in [5, 5.41) is 11.2. The third-order valence-electron chi connectivity index (χ3n) is 2.69. The molecule has 1 aromatic carbocycles. The van der Waals surface area contributed by atoms with Gasteiger partial charge in [0, 0.05) is 5.56 Å². The van der Waals surface area contributed by atoms with Crippen LogP contribution in [0.25, 0.3) is 0 Å². The van der Waals surface area contributed by atoms with E-state index in [4.69, 9.17) is 9.84 Å². The van der Waals surface area contributed by atoms with Crippen LogP contribution in [0.15, 0.2) is 18.2 Å². The summed E-state index contributed by atoms with van der Waals surface area (Å²) >= 11 is 0. The lowest BCUT2D eigenvalue weighted by molar-refractivity contribution is -0.118. The number of carbonyl (C=O) groups is 2. The van der Waals surface area contributed by atoms with Crippen molar-refractivity contribution in [3.8, 4) is 5.75 Å². The maximum absolute atomic E-state index is 11.9. The van der Waals surface area contributed by atoms with E-state index < -0.39 is 33.7 Å². The molecule has 1 amide bonds. The number of benzene rings is 1. The second kappa shape index (κ2) is 5.59. The quantitative estimate of drug-likeness (QED) is 0.716. The van der Waals surface area contributed by atoms with Gasteiger partial charge in [-0.2, -0.15) is 0 Å². The molecule has 0 radical (unpaired) electrons. The van der Waals surface area contributed by atoms with E-state index in [2.05, 4.69) is 5.32 Å². The SMILES string of the molecule is O=C1COc2ccc(C(=O)CS(=O)(=O)CCO)cc2N1. The zero-order chi connectivity index (χ0) is 14.8. The predicted octanol–water partition coefficient (Wildman–Crippen LogP) is -0.393. The van der Waals surface area contributed by atoms with E-state index in [0.717, 1.165) is 0 Å². The molecule has 1 aliphatic heterocycles. The zero-order valence-corrected chi connectivity index (χ0v) is 11.3. The van der Waals surface area contributed by atoms with Crippen molar-refractivity contribution in [1.29, 1.82) is 0 Å². The van der Waals surface area contributed by atoms with Crippen LogP contribution >= 0.6 is 0 Å². The minimum absolute atomic E-state index is 0.0921. The molecule has 20 heavy (non-hydrogen) atoms. The first-order valence-electron chi connectivity index (χ1n) is 5.82. The summed E-state index contributed by atoms with van der Waals surface area (Å²) in [5.74, 6) is -1.64. The van der Waals surface area contributed by atoms with Gasteiger partial charge in [-0.05, 0) is 18.2 Å². The molecule has 1 aliphatic rings. The van der Waals surface area contributed by atoms with Gasteiger partial charge in [0.05, 0.1) is 18.0 Å². The average molecular weight is 299 g/mol. The van der Waals surface area contributed by atoms with Crippen molar-refractivity contribution in [3.63, 3.8) is 0 Å². The minimum Gasteiger partial charge on any atom is -0.482 e. The summed E-state index contributed by atoms with van der Waals surface area (Å²) in [7, 11) is -3.63. The van der Waals surface area contributed by atoms with Crippen molar-refractivity contribution < 1.29 is 27.9 Å². The highest BCUT2D eigenvalue weighted by Crippen LogP contribution is 2.28. The number of ketones is 1. The van der Waals surface area contributed by atoms with E-state index in [-0.39, 0.29) is 18.1 Å². The number of aliphatic hydroxyl groups is 1. The van der Waals surface area contributed by atoms with Crippen LogP contribution in [0.1, 0.15) is 10.4 Å². The highest BCUT2D eigenvalue weighted by atomic mass is 32.2. The summed E-state index contributed by atoms with van der Waals surface area (Å²) in [6.07, 6.45) is 0. The van der Waals surface area contributed by atoms with Gasteiger partial charge < -0.3 is 15.2 Å². The first-order valence-corrected chi connectivity index (χ1v) is 7.64. The predicted molar refractivity (Wildman–Crippen MR) is 70.6 cm³/mol. The fraction of sp³-hybridized carbons (Fsp3) is 0.333. The number of anilines is 1. The van der Waals surface area contributed by atoms with Crippen molar-refractivity contribution >= 4 is 27.2 Å². The van der Waals surface area contributed by atoms with Crippen LogP contribution in [-0.2, 0) is 14.6 Å². The average Bonchev–Trinajstić information content (AvgIpc) is 2.37. The monoisotopic (exact) mass is 299 g/mol. The number of hydrogen-bond donors (Lipinski definition) is 2. The molecular formula is C12H13NO6S. The summed E-state index contributed by atoms with van der Waals surface area (Å²) in [6, 6.07) is 4.32. The van der Waals surface area contributed by atoms with Crippen LogP contribution in [0.4, 0.5) is 5.69 Å². The molecule has 0 spiro atoms. The minimum atomic E-state index is -3.63. The van der Waals surface area contributed by atoms with Crippen molar-refractivity contribution in [2.75, 3.05) is 30.0 Å². The fourth-order valence-electron chi connectivity index (χ4n) is 1.75. The number of amides is 1. The molecule has 0 bridgehead atoms. The van der Waals surface area contributed by atoms with E-state index >= 15 is 0 Å². The van der Waals surface area contributed by atoms with Gasteiger partial charge in [-0.3, -0.25) is 9.59 Å². The van der Waals surface area contributed by atoms with Crippen molar-refractivity contribution in [1.82, 2.24) is 0 Å². The lowest BCUT2D eigenvalue weighted by atomic mass is 10.1. The Morgan fingerprint density at radius 1 is 1.40 bits per heavy atom. The summed E-state index contributed by atoms with van der Waals surface area (Å²) in [4.78, 5) is 23.1. The van der Waals surface area contributed by atoms with Crippen LogP contribution in [0.5, 0.6) is 5.75 Å². The number of carbonyl (C=O) groups excluding carboxylic acids is 2. The first kappa shape index (κ1) is 14.5. The molecule has 8 heteroatoms. The standard InChI is InChI=1S/C12H13NO6S/c14-3-4-20(17,18)7-10(15)8-1-2-11-9(5-8)13-12(16)6-19-11/h1-2,5,14H,3-4,6-7H2,(H,13,16). The van der Waals surface area contributed by atoms with Crippen molar-refractivity contribution in [2.24, 2.45) is 0 Å². The highest BCUT2D eigenvalue weighted by Gasteiger charge is 2.21. The Labute approximate surface area is 115 Å². The summed E-state index contributed by atoms with van der Waals surface area (Å²) < 4.78 is 28.1. The largest absolute Gasteiger partial charge is 0.482 e. The second-order valence-corrected chi connectivity index (χ2v) is 6.47. The van der Waals surface area contributed by atoms with Gasteiger partial charge >= 0.3 is 0 Å². The lowest BCUT2D eigenvalue weighted by Gasteiger charge is -2.18. The Bertz CT molecular complexity index is 652. The van der Waals surface area contributed by atoms with Crippen LogP contribution < -0.4 is 10.1 Å². The van der Waals surface area contributed by atoms with Crippen LogP contribution in [-0.4, -0.2) is 49.9 Å². The van der Waals surface area contributed by atoms with Gasteiger partial charge in [-0.15, -0.1) is 0 Å². The molecule has 0 saturated heterocycles. The number of nitrogens with one attached hydrogen (secondary N) is 1. The Kier molecular flexibility index (Phi) is 4.05. The molecule has 108 valence electrons. The molecule has 0 fully saturated rings. The molecule has 0 unspecified atom stereocenters. The molecule has 1 heterocycles. The Morgan fingerprint density at radius 3 is 2.85 bits per heavy atom. The molecular weight excluding hydrogens is 286 g/mol. The lowest BCUT2D eigenvalue weighted by Crippen LogP contribution is -2.26. The highest BCUT2D eigenvalue weighted by molar-refractivity contribution is 7.92. The third-order valence-corrected chi connectivity index (χ3v) is 4.19. The van der Waals surface area contributed by atoms with Gasteiger partial charge in [0.2, 0.25) is 0 Å². The van der Waals surface area contributed by atoms with E-state index in [9.17, 15) is 18.0 Å². The molecule has 2 rings (SSSR count). The van der Waals surface area contributed by atoms with Crippen LogP contribution in [0.3, 0.4) is 0 Å². The Balaban J connectivity index is 2.19.